The van der Waals surface area contributed by atoms with Crippen LogP contribution in [0.2, 0.25) is 0 Å². The van der Waals surface area contributed by atoms with Crippen molar-refractivity contribution in [2.75, 3.05) is 34.7 Å². The van der Waals surface area contributed by atoms with Crippen LogP contribution < -0.4 is 22.6 Å². The Balaban J connectivity index is 1.83. The van der Waals surface area contributed by atoms with Crippen LogP contribution >= 0.6 is 0 Å². The quantitative estimate of drug-likeness (QED) is 0.0504. The lowest BCUT2D eigenvalue weighted by Gasteiger charge is -2.21. The summed E-state index contributed by atoms with van der Waals surface area (Å²) in [7, 11) is -3.32. The van der Waals surface area contributed by atoms with Crippen LogP contribution in [-0.4, -0.2) is 57.5 Å². The summed E-state index contributed by atoms with van der Waals surface area (Å²) in [5.41, 5.74) is 2.19. The number of carbonyl (C=O) groups is 1. The largest absolute Gasteiger partial charge is 0.496 e. The van der Waals surface area contributed by atoms with Crippen molar-refractivity contribution in [2.24, 2.45) is 0 Å². The lowest BCUT2D eigenvalue weighted by Crippen LogP contribution is -2.13. The number of ether oxygens (including phenoxy) is 4. The molecule has 0 bridgehead atoms. The van der Waals surface area contributed by atoms with Gasteiger partial charge in [-0.05, 0) is 53.6 Å². The van der Waals surface area contributed by atoms with Gasteiger partial charge in [0.2, 0.25) is 0 Å². The van der Waals surface area contributed by atoms with E-state index in [2.05, 4.69) is 16.4 Å². The van der Waals surface area contributed by atoms with Gasteiger partial charge in [-0.2, -0.15) is 21.7 Å². The molecular formula is C33H32O13S2. The molecule has 0 N–H and O–H groups in total. The van der Waals surface area contributed by atoms with Crippen LogP contribution in [-0.2, 0) is 41.4 Å². The Morgan fingerprint density at radius 3 is 2.00 bits per heavy atom. The van der Waals surface area contributed by atoms with Gasteiger partial charge in [-0.15, -0.1) is 0 Å². The van der Waals surface area contributed by atoms with Gasteiger partial charge in [0.05, 0.1) is 34.7 Å². The molecule has 0 aliphatic rings. The highest BCUT2D eigenvalue weighted by Crippen LogP contribution is 2.47. The molecule has 0 amide bonds. The van der Waals surface area contributed by atoms with Gasteiger partial charge >= 0.3 is 26.2 Å². The van der Waals surface area contributed by atoms with Crippen molar-refractivity contribution in [1.29, 1.82) is 0 Å². The zero-order chi connectivity index (χ0) is 35.1. The Kier molecular flexibility index (Phi) is 11.2. The molecule has 0 atom stereocenters. The molecule has 13 nitrogen and oxygen atoms in total. The smallest absolute Gasteiger partial charge is 0.375 e. The van der Waals surface area contributed by atoms with Crippen molar-refractivity contribution in [3.8, 4) is 51.0 Å². The first-order valence-corrected chi connectivity index (χ1v) is 17.1. The van der Waals surface area contributed by atoms with Gasteiger partial charge in [0.15, 0.2) is 11.5 Å². The van der Waals surface area contributed by atoms with Crippen LogP contribution in [0, 0.1) is 0 Å². The molecule has 0 radical (unpaired) electrons. The van der Waals surface area contributed by atoms with E-state index in [1.807, 2.05) is 30.3 Å². The highest BCUT2D eigenvalue weighted by atomic mass is 32.2. The Morgan fingerprint density at radius 2 is 1.42 bits per heavy atom. The maximum atomic E-state index is 13.3. The third-order valence-corrected chi connectivity index (χ3v) is 8.11. The van der Waals surface area contributed by atoms with Gasteiger partial charge in [0, 0.05) is 11.1 Å². The molecule has 0 aliphatic heterocycles. The Morgan fingerprint density at radius 1 is 0.750 bits per heavy atom. The van der Waals surface area contributed by atoms with Crippen molar-refractivity contribution in [1.82, 2.24) is 0 Å². The molecule has 0 fully saturated rings. The third-order valence-electron chi connectivity index (χ3n) is 6.59. The van der Waals surface area contributed by atoms with E-state index in [1.54, 1.807) is 12.1 Å². The van der Waals surface area contributed by atoms with E-state index in [0.717, 1.165) is 18.9 Å². The molecule has 4 aromatic carbocycles. The minimum absolute atomic E-state index is 0.0347. The summed E-state index contributed by atoms with van der Waals surface area (Å²) in [5.74, 6) is -0.547. The number of hydrogen-bond acceptors (Lipinski definition) is 13. The summed E-state index contributed by atoms with van der Waals surface area (Å²) in [6.45, 7) is 3.40. The number of benzene rings is 4. The zero-order valence-corrected chi connectivity index (χ0v) is 28.2. The van der Waals surface area contributed by atoms with Crippen LogP contribution in [0.25, 0.3) is 22.3 Å². The lowest BCUT2D eigenvalue weighted by atomic mass is 9.92. The van der Waals surface area contributed by atoms with Gasteiger partial charge in [-0.25, -0.2) is 4.79 Å². The molecule has 0 saturated carbocycles. The number of esters is 1. The Labute approximate surface area is 278 Å². The number of carbonyl (C=O) groups excluding carboxylic acids is 1. The topological polar surface area (TPSA) is 159 Å². The summed E-state index contributed by atoms with van der Waals surface area (Å²) in [4.78, 5) is 22.1. The molecule has 48 heavy (non-hydrogen) atoms. The van der Waals surface area contributed by atoms with Crippen LogP contribution in [0.15, 0.2) is 90.5 Å². The Hall–Kier alpha value is -5.25. The highest BCUT2D eigenvalue weighted by Gasteiger charge is 2.28. The predicted octanol–water partition coefficient (Wildman–Crippen LogP) is 5.50. The summed E-state index contributed by atoms with van der Waals surface area (Å²) < 4.78 is 81.9. The van der Waals surface area contributed by atoms with Gasteiger partial charge in [0.25, 0.3) is 5.09 Å². The molecule has 4 rings (SSSR count). The molecule has 0 aliphatic carbocycles. The van der Waals surface area contributed by atoms with Crippen molar-refractivity contribution < 1.29 is 58.7 Å². The van der Waals surface area contributed by atoms with Crippen molar-refractivity contribution in [3.63, 3.8) is 0 Å². The molecule has 4 aromatic rings. The fraction of sp³-hybridized carbons (Fsp3) is 0.182. The molecule has 15 heteroatoms. The van der Waals surface area contributed by atoms with Crippen LogP contribution in [0.5, 0.6) is 28.7 Å². The van der Waals surface area contributed by atoms with E-state index >= 15 is 0 Å². The first-order chi connectivity index (χ1) is 22.8. The minimum atomic E-state index is -4.39. The van der Waals surface area contributed by atoms with Crippen LogP contribution in [0.4, 0.5) is 0 Å². The molecule has 0 unspecified atom stereocenters. The van der Waals surface area contributed by atoms with E-state index < -0.39 is 31.3 Å². The predicted molar refractivity (Wildman–Crippen MR) is 175 cm³/mol. The molecule has 0 spiro atoms. The van der Waals surface area contributed by atoms with Crippen LogP contribution in [0.3, 0.4) is 0 Å². The standard InChI is InChI=1S/C33H32O13S2/c1-21(44-42-5)48(37,38)45-25-15-12-23(13-16-25)30-29(39-2)19-26(32(40-3)31(30)33(34)41-4)24-14-17-27(28(18-24)46-47(6,35)36)43-20-22-10-8-7-9-11-22/h7-19H,1,20H2,2-6H3. The van der Waals surface area contributed by atoms with Crippen molar-refractivity contribution in [3.05, 3.63) is 102 Å². The maximum absolute atomic E-state index is 13.3. The maximum Gasteiger partial charge on any atom is 0.375 e. The van der Waals surface area contributed by atoms with E-state index in [-0.39, 0.29) is 46.5 Å². The van der Waals surface area contributed by atoms with E-state index in [0.29, 0.717) is 16.7 Å². The fourth-order valence-electron chi connectivity index (χ4n) is 4.55. The van der Waals surface area contributed by atoms with E-state index in [9.17, 15) is 21.6 Å². The summed E-state index contributed by atoms with van der Waals surface area (Å²) in [6, 6.07) is 21.1. The van der Waals surface area contributed by atoms with Crippen molar-refractivity contribution in [2.45, 2.75) is 6.61 Å². The van der Waals surface area contributed by atoms with Gasteiger partial charge in [-0.1, -0.05) is 48.5 Å². The fourth-order valence-corrected chi connectivity index (χ4v) is 5.62. The molecule has 0 heterocycles. The van der Waals surface area contributed by atoms with E-state index in [4.69, 9.17) is 27.3 Å². The van der Waals surface area contributed by atoms with E-state index in [1.165, 1.54) is 57.7 Å². The van der Waals surface area contributed by atoms with Crippen LogP contribution in [0.1, 0.15) is 15.9 Å². The summed E-state index contributed by atoms with van der Waals surface area (Å²) in [5, 5.41) is -0.759. The SMILES string of the molecule is C=C(OOC)S(=O)(=O)Oc1ccc(-c2c(OC)cc(-c3ccc(OCc4ccccc4)c(OS(C)(=O)=O)c3)c(OC)c2C(=O)OC)cc1. The van der Waals surface area contributed by atoms with Crippen molar-refractivity contribution >= 4 is 26.2 Å². The minimum Gasteiger partial charge on any atom is -0.496 e. The molecular weight excluding hydrogens is 668 g/mol. The Bertz CT molecular complexity index is 2010. The lowest BCUT2D eigenvalue weighted by molar-refractivity contribution is -0.228. The summed E-state index contributed by atoms with van der Waals surface area (Å²) >= 11 is 0. The number of hydrogen-bond donors (Lipinski definition) is 0. The first-order valence-electron chi connectivity index (χ1n) is 13.8. The first kappa shape index (κ1) is 35.6. The zero-order valence-electron chi connectivity index (χ0n) is 26.5. The number of rotatable bonds is 15. The second-order valence-corrected chi connectivity index (χ2v) is 12.9. The molecule has 0 aromatic heterocycles. The average molecular weight is 701 g/mol. The molecule has 254 valence electrons. The van der Waals surface area contributed by atoms with Gasteiger partial charge in [0.1, 0.15) is 29.4 Å². The summed E-state index contributed by atoms with van der Waals surface area (Å²) in [6.07, 6.45) is 0.907. The monoisotopic (exact) mass is 700 g/mol. The second kappa shape index (κ2) is 15.1. The molecule has 0 saturated heterocycles. The van der Waals surface area contributed by atoms with Gasteiger partial charge < -0.3 is 32.2 Å². The second-order valence-electron chi connectivity index (χ2n) is 9.81. The third kappa shape index (κ3) is 8.36. The number of methoxy groups -OCH3 is 3. The highest BCUT2D eigenvalue weighted by molar-refractivity contribution is 7.90. The van der Waals surface area contributed by atoms with Gasteiger partial charge in [-0.3, -0.25) is 0 Å². The average Bonchev–Trinajstić information content (AvgIpc) is 3.06. The normalized spacial score (nSPS) is 11.3.